The van der Waals surface area contributed by atoms with Crippen molar-refractivity contribution < 1.29 is 0 Å². The van der Waals surface area contributed by atoms with Crippen molar-refractivity contribution in [3.05, 3.63) is 12.7 Å². The van der Waals surface area contributed by atoms with Crippen LogP contribution in [-0.4, -0.2) is 0 Å². The maximum absolute atomic E-state index is 3.83. The zero-order chi connectivity index (χ0) is 7.56. The highest BCUT2D eigenvalue weighted by Crippen LogP contribution is 2.35. The van der Waals surface area contributed by atoms with Gasteiger partial charge in [0.2, 0.25) is 0 Å². The lowest BCUT2D eigenvalue weighted by Gasteiger charge is -2.13. The van der Waals surface area contributed by atoms with Crippen molar-refractivity contribution in [3.63, 3.8) is 0 Å². The van der Waals surface area contributed by atoms with Crippen molar-refractivity contribution in [1.82, 2.24) is 0 Å². The third-order valence-corrected chi connectivity index (χ3v) is 2.85. The maximum atomic E-state index is 3.83. The van der Waals surface area contributed by atoms with Gasteiger partial charge in [-0.05, 0) is 30.6 Å². The molecule has 0 saturated heterocycles. The third kappa shape index (κ3) is 1.62. The molecular weight excluding hydrogens is 120 g/mol. The molecule has 1 aliphatic carbocycles. The van der Waals surface area contributed by atoms with Crippen molar-refractivity contribution in [2.24, 2.45) is 17.8 Å². The summed E-state index contributed by atoms with van der Waals surface area (Å²) >= 11 is 0. The molecule has 58 valence electrons. The first-order valence-corrected chi connectivity index (χ1v) is 4.36. The molecule has 0 aliphatic heterocycles. The van der Waals surface area contributed by atoms with Crippen LogP contribution < -0.4 is 0 Å². The monoisotopic (exact) mass is 138 g/mol. The number of hydrogen-bond acceptors (Lipinski definition) is 0. The lowest BCUT2D eigenvalue weighted by atomic mass is 9.92. The Hall–Kier alpha value is -0.260. The van der Waals surface area contributed by atoms with Crippen LogP contribution in [0.5, 0.6) is 0 Å². The van der Waals surface area contributed by atoms with Gasteiger partial charge in [-0.2, -0.15) is 0 Å². The molecule has 0 aromatic heterocycles. The summed E-state index contributed by atoms with van der Waals surface area (Å²) in [6.07, 6.45) is 6.38. The SMILES string of the molecule is C=CC(C)C1CCC(C)C1. The van der Waals surface area contributed by atoms with Crippen LogP contribution >= 0.6 is 0 Å². The van der Waals surface area contributed by atoms with Gasteiger partial charge in [0.1, 0.15) is 0 Å². The molecule has 3 atom stereocenters. The zero-order valence-electron chi connectivity index (χ0n) is 7.14. The van der Waals surface area contributed by atoms with Crippen LogP contribution in [0.1, 0.15) is 33.1 Å². The molecule has 1 fully saturated rings. The summed E-state index contributed by atoms with van der Waals surface area (Å²) in [5.74, 6) is 2.64. The average molecular weight is 138 g/mol. The molecule has 0 nitrogen and oxygen atoms in total. The summed E-state index contributed by atoms with van der Waals surface area (Å²) in [6, 6.07) is 0. The van der Waals surface area contributed by atoms with Gasteiger partial charge in [-0.15, -0.1) is 6.58 Å². The number of hydrogen-bond donors (Lipinski definition) is 0. The topological polar surface area (TPSA) is 0 Å². The fourth-order valence-corrected chi connectivity index (χ4v) is 1.92. The molecular formula is C10H18. The molecule has 0 aromatic rings. The van der Waals surface area contributed by atoms with Crippen molar-refractivity contribution >= 4 is 0 Å². The fourth-order valence-electron chi connectivity index (χ4n) is 1.92. The highest BCUT2D eigenvalue weighted by atomic mass is 14.3. The van der Waals surface area contributed by atoms with E-state index in [1.807, 2.05) is 0 Å². The van der Waals surface area contributed by atoms with E-state index in [0.29, 0.717) is 0 Å². The first-order valence-electron chi connectivity index (χ1n) is 4.36. The summed E-state index contributed by atoms with van der Waals surface area (Å²) < 4.78 is 0. The Morgan fingerprint density at radius 3 is 2.60 bits per heavy atom. The Morgan fingerprint density at radius 1 is 1.50 bits per heavy atom. The van der Waals surface area contributed by atoms with E-state index in [2.05, 4.69) is 26.5 Å². The zero-order valence-corrected chi connectivity index (χ0v) is 7.14. The lowest BCUT2D eigenvalue weighted by Crippen LogP contribution is -2.04. The normalized spacial score (nSPS) is 35.8. The molecule has 0 spiro atoms. The van der Waals surface area contributed by atoms with Crippen molar-refractivity contribution in [2.45, 2.75) is 33.1 Å². The molecule has 0 amide bonds. The van der Waals surface area contributed by atoms with E-state index in [9.17, 15) is 0 Å². The lowest BCUT2D eigenvalue weighted by molar-refractivity contribution is 0.419. The van der Waals surface area contributed by atoms with Gasteiger partial charge in [-0.1, -0.05) is 26.3 Å². The van der Waals surface area contributed by atoms with Crippen LogP contribution in [0.4, 0.5) is 0 Å². The summed E-state index contributed by atoms with van der Waals surface area (Å²) in [6.45, 7) is 8.47. The average Bonchev–Trinajstić information content (AvgIpc) is 2.34. The largest absolute Gasteiger partial charge is 0.103 e. The molecule has 0 bridgehead atoms. The highest BCUT2D eigenvalue weighted by molar-refractivity contribution is 4.85. The predicted octanol–water partition coefficient (Wildman–Crippen LogP) is 3.24. The Kier molecular flexibility index (Phi) is 2.53. The molecule has 1 saturated carbocycles. The Morgan fingerprint density at radius 2 is 2.20 bits per heavy atom. The Balaban J connectivity index is 2.36. The highest BCUT2D eigenvalue weighted by Gasteiger charge is 2.23. The second-order valence-corrected chi connectivity index (χ2v) is 3.77. The van der Waals surface area contributed by atoms with Crippen LogP contribution in [0, 0.1) is 17.8 Å². The van der Waals surface area contributed by atoms with Crippen molar-refractivity contribution in [1.29, 1.82) is 0 Å². The standard InChI is InChI=1S/C10H18/c1-4-9(3)10-6-5-8(2)7-10/h4,8-10H,1,5-7H2,2-3H3. The first kappa shape index (κ1) is 7.84. The summed E-state index contributed by atoms with van der Waals surface area (Å²) in [4.78, 5) is 0. The van der Waals surface area contributed by atoms with Gasteiger partial charge in [-0.25, -0.2) is 0 Å². The van der Waals surface area contributed by atoms with Gasteiger partial charge in [0, 0.05) is 0 Å². The van der Waals surface area contributed by atoms with Gasteiger partial charge in [-0.3, -0.25) is 0 Å². The summed E-state index contributed by atoms with van der Waals surface area (Å²) in [5.41, 5.74) is 0. The van der Waals surface area contributed by atoms with E-state index < -0.39 is 0 Å². The van der Waals surface area contributed by atoms with E-state index in [4.69, 9.17) is 0 Å². The van der Waals surface area contributed by atoms with E-state index in [1.165, 1.54) is 19.3 Å². The molecule has 0 radical (unpaired) electrons. The molecule has 0 heterocycles. The van der Waals surface area contributed by atoms with Gasteiger partial charge in [0.05, 0.1) is 0 Å². The molecule has 0 aromatic carbocycles. The van der Waals surface area contributed by atoms with Crippen LogP contribution in [0.2, 0.25) is 0 Å². The van der Waals surface area contributed by atoms with Gasteiger partial charge >= 0.3 is 0 Å². The molecule has 10 heavy (non-hydrogen) atoms. The van der Waals surface area contributed by atoms with E-state index >= 15 is 0 Å². The summed E-state index contributed by atoms with van der Waals surface area (Å²) in [5, 5.41) is 0. The van der Waals surface area contributed by atoms with Crippen LogP contribution in [0.15, 0.2) is 12.7 Å². The van der Waals surface area contributed by atoms with Crippen molar-refractivity contribution in [2.75, 3.05) is 0 Å². The molecule has 1 aliphatic rings. The van der Waals surface area contributed by atoms with E-state index in [0.717, 1.165) is 17.8 Å². The second kappa shape index (κ2) is 3.23. The van der Waals surface area contributed by atoms with E-state index in [1.54, 1.807) is 0 Å². The molecule has 1 rings (SSSR count). The molecule has 3 unspecified atom stereocenters. The van der Waals surface area contributed by atoms with Crippen molar-refractivity contribution in [3.8, 4) is 0 Å². The fraction of sp³-hybridized carbons (Fsp3) is 0.800. The van der Waals surface area contributed by atoms with Gasteiger partial charge in [0.25, 0.3) is 0 Å². The molecule has 0 N–H and O–H groups in total. The minimum absolute atomic E-state index is 0.741. The van der Waals surface area contributed by atoms with Gasteiger partial charge < -0.3 is 0 Å². The minimum Gasteiger partial charge on any atom is -0.103 e. The first-order chi connectivity index (χ1) is 4.74. The Labute approximate surface area is 64.3 Å². The third-order valence-electron chi connectivity index (χ3n) is 2.85. The second-order valence-electron chi connectivity index (χ2n) is 3.77. The minimum atomic E-state index is 0.741. The van der Waals surface area contributed by atoms with Gasteiger partial charge in [0.15, 0.2) is 0 Å². The smallest absolute Gasteiger partial charge is 0.0236 e. The quantitative estimate of drug-likeness (QED) is 0.514. The number of allylic oxidation sites excluding steroid dienone is 1. The maximum Gasteiger partial charge on any atom is -0.0236 e. The Bertz CT molecular complexity index is 115. The number of rotatable bonds is 2. The van der Waals surface area contributed by atoms with E-state index in [-0.39, 0.29) is 0 Å². The summed E-state index contributed by atoms with van der Waals surface area (Å²) in [7, 11) is 0. The van der Waals surface area contributed by atoms with Crippen LogP contribution in [0.25, 0.3) is 0 Å². The van der Waals surface area contributed by atoms with Crippen LogP contribution in [-0.2, 0) is 0 Å². The molecule has 0 heteroatoms. The predicted molar refractivity (Wildman–Crippen MR) is 45.9 cm³/mol. The van der Waals surface area contributed by atoms with Crippen LogP contribution in [0.3, 0.4) is 0 Å².